The van der Waals surface area contributed by atoms with Crippen LogP contribution in [0.5, 0.6) is 0 Å². The molecule has 0 atom stereocenters. The van der Waals surface area contributed by atoms with E-state index >= 15 is 0 Å². The molecule has 0 spiro atoms. The summed E-state index contributed by atoms with van der Waals surface area (Å²) in [4.78, 5) is 8.98. The van der Waals surface area contributed by atoms with Gasteiger partial charge in [-0.05, 0) is 12.1 Å². The van der Waals surface area contributed by atoms with Crippen molar-refractivity contribution < 1.29 is 0 Å². The van der Waals surface area contributed by atoms with Crippen molar-refractivity contribution in [2.75, 3.05) is 0 Å². The van der Waals surface area contributed by atoms with Crippen molar-refractivity contribution in [3.8, 4) is 10.6 Å². The molecule has 0 N–H and O–H groups in total. The monoisotopic (exact) mass is 230 g/mol. The van der Waals surface area contributed by atoms with Gasteiger partial charge in [0.1, 0.15) is 5.69 Å². The van der Waals surface area contributed by atoms with Crippen LogP contribution in [0.1, 0.15) is 0 Å². The Hall–Kier alpha value is -0.640. The van der Waals surface area contributed by atoms with E-state index in [0.717, 1.165) is 9.21 Å². The van der Waals surface area contributed by atoms with Gasteiger partial charge >= 0.3 is 0 Å². The molecule has 2 aromatic heterocycles. The molecule has 0 amide bonds. The summed E-state index contributed by atoms with van der Waals surface area (Å²) in [7, 11) is 0. The average Bonchev–Trinajstić information content (AvgIpc) is 2.53. The van der Waals surface area contributed by atoms with Gasteiger partial charge in [0.25, 0.3) is 0 Å². The second kappa shape index (κ2) is 3.62. The lowest BCUT2D eigenvalue weighted by Gasteiger charge is -1.96. The van der Waals surface area contributed by atoms with Crippen molar-refractivity contribution in [3.05, 3.63) is 34.0 Å². The third-order valence-corrected chi connectivity index (χ3v) is 2.97. The smallest absolute Gasteiger partial charge is 0.156 e. The van der Waals surface area contributed by atoms with Crippen molar-refractivity contribution in [2.45, 2.75) is 0 Å². The van der Waals surface area contributed by atoms with Gasteiger partial charge in [-0.2, -0.15) is 0 Å². The zero-order valence-electron chi connectivity index (χ0n) is 6.37. The number of hydrogen-bond acceptors (Lipinski definition) is 3. The van der Waals surface area contributed by atoms with Crippen molar-refractivity contribution in [3.63, 3.8) is 0 Å². The first-order valence-corrected chi connectivity index (χ1v) is 5.07. The summed E-state index contributed by atoms with van der Waals surface area (Å²) in [6, 6.07) is 3.69. The van der Waals surface area contributed by atoms with Gasteiger partial charge in [-0.25, -0.2) is 4.98 Å². The molecular weight excluding hydrogens is 227 g/mol. The maximum atomic E-state index is 5.86. The molecule has 0 radical (unpaired) electrons. The third-order valence-electron chi connectivity index (χ3n) is 1.46. The summed E-state index contributed by atoms with van der Waals surface area (Å²) < 4.78 is 0.719. The van der Waals surface area contributed by atoms with Crippen LogP contribution in [0.25, 0.3) is 10.6 Å². The Bertz CT molecular complexity index is 428. The van der Waals surface area contributed by atoms with Crippen LogP contribution in [0.4, 0.5) is 0 Å². The summed E-state index contributed by atoms with van der Waals surface area (Å²) in [5.41, 5.74) is 0.682. The van der Waals surface area contributed by atoms with Crippen LogP contribution in [-0.4, -0.2) is 9.97 Å². The van der Waals surface area contributed by atoms with E-state index in [4.69, 9.17) is 23.2 Å². The van der Waals surface area contributed by atoms with Gasteiger partial charge in [-0.15, -0.1) is 11.3 Å². The Labute approximate surface area is 89.2 Å². The van der Waals surface area contributed by atoms with Crippen molar-refractivity contribution in [1.29, 1.82) is 0 Å². The van der Waals surface area contributed by atoms with Crippen LogP contribution in [-0.2, 0) is 0 Å². The molecule has 0 aliphatic heterocycles. The lowest BCUT2D eigenvalue weighted by molar-refractivity contribution is 1.21. The van der Waals surface area contributed by atoms with E-state index < -0.39 is 0 Å². The zero-order valence-corrected chi connectivity index (χ0v) is 8.70. The number of hydrogen-bond donors (Lipinski definition) is 0. The number of nitrogens with zero attached hydrogens (tertiary/aromatic N) is 2. The quantitative estimate of drug-likeness (QED) is 0.750. The van der Waals surface area contributed by atoms with Crippen LogP contribution in [0.15, 0.2) is 24.5 Å². The highest BCUT2D eigenvalue weighted by Gasteiger charge is 2.07. The molecule has 0 fully saturated rings. The first-order chi connectivity index (χ1) is 6.27. The molecule has 0 unspecified atom stereocenters. The van der Waals surface area contributed by atoms with Gasteiger partial charge in [0, 0.05) is 12.4 Å². The third kappa shape index (κ3) is 1.82. The molecule has 0 saturated carbocycles. The zero-order chi connectivity index (χ0) is 9.26. The number of thiophene rings is 1. The summed E-state index contributed by atoms with van der Waals surface area (Å²) in [6.45, 7) is 0. The number of halogens is 2. The van der Waals surface area contributed by atoms with Crippen LogP contribution in [0, 0.1) is 0 Å². The summed E-state index contributed by atoms with van der Waals surface area (Å²) in [5, 5.41) is 0.404. The Morgan fingerprint density at radius 1 is 1.08 bits per heavy atom. The highest BCUT2D eigenvalue weighted by Crippen LogP contribution is 2.32. The molecule has 2 aromatic rings. The van der Waals surface area contributed by atoms with E-state index in [1.807, 2.05) is 12.1 Å². The van der Waals surface area contributed by atoms with Crippen LogP contribution < -0.4 is 0 Å². The maximum Gasteiger partial charge on any atom is 0.156 e. The molecule has 2 heterocycles. The second-order valence-electron chi connectivity index (χ2n) is 2.30. The average molecular weight is 231 g/mol. The topological polar surface area (TPSA) is 25.8 Å². The van der Waals surface area contributed by atoms with Gasteiger partial charge in [0.2, 0.25) is 0 Å². The van der Waals surface area contributed by atoms with Gasteiger partial charge in [0.15, 0.2) is 5.15 Å². The van der Waals surface area contributed by atoms with E-state index in [1.165, 1.54) is 11.3 Å². The van der Waals surface area contributed by atoms with Gasteiger partial charge < -0.3 is 0 Å². The minimum Gasteiger partial charge on any atom is -0.251 e. The summed E-state index contributed by atoms with van der Waals surface area (Å²) >= 11 is 13.1. The molecule has 0 bridgehead atoms. The van der Waals surface area contributed by atoms with Crippen molar-refractivity contribution in [1.82, 2.24) is 9.97 Å². The van der Waals surface area contributed by atoms with E-state index in [2.05, 4.69) is 9.97 Å². The molecule has 0 aliphatic rings. The summed E-state index contributed by atoms with van der Waals surface area (Å²) in [5.74, 6) is 0. The fourth-order valence-electron chi connectivity index (χ4n) is 0.928. The van der Waals surface area contributed by atoms with E-state index in [0.29, 0.717) is 10.8 Å². The fourth-order valence-corrected chi connectivity index (χ4v) is 2.23. The Morgan fingerprint density at radius 3 is 2.46 bits per heavy atom. The highest BCUT2D eigenvalue weighted by atomic mass is 35.5. The lowest BCUT2D eigenvalue weighted by atomic mass is 10.4. The minimum atomic E-state index is 0.404. The fraction of sp³-hybridized carbons (Fsp3) is 0. The van der Waals surface area contributed by atoms with Gasteiger partial charge in [-0.3, -0.25) is 4.98 Å². The molecule has 0 saturated heterocycles. The lowest BCUT2D eigenvalue weighted by Crippen LogP contribution is -1.83. The molecule has 2 nitrogen and oxygen atoms in total. The summed E-state index contributed by atoms with van der Waals surface area (Å²) in [6.07, 6.45) is 3.16. The molecule has 0 aliphatic carbocycles. The van der Waals surface area contributed by atoms with Gasteiger partial charge in [0.05, 0.1) is 9.21 Å². The first kappa shape index (κ1) is 8.94. The Kier molecular flexibility index (Phi) is 2.49. The van der Waals surface area contributed by atoms with Gasteiger partial charge in [-0.1, -0.05) is 23.2 Å². The SMILES string of the molecule is Clc1ccc(-c2nccnc2Cl)s1. The Morgan fingerprint density at radius 2 is 1.85 bits per heavy atom. The highest BCUT2D eigenvalue weighted by molar-refractivity contribution is 7.19. The minimum absolute atomic E-state index is 0.404. The van der Waals surface area contributed by atoms with Crippen molar-refractivity contribution in [2.24, 2.45) is 0 Å². The predicted molar refractivity (Wildman–Crippen MR) is 55.4 cm³/mol. The number of rotatable bonds is 1. The predicted octanol–water partition coefficient (Wildman–Crippen LogP) is 3.51. The van der Waals surface area contributed by atoms with E-state index in [1.54, 1.807) is 12.4 Å². The molecule has 0 aromatic carbocycles. The largest absolute Gasteiger partial charge is 0.251 e. The standard InChI is InChI=1S/C8H4Cl2N2S/c9-6-2-1-5(13-6)7-8(10)12-4-3-11-7/h1-4H. The van der Waals surface area contributed by atoms with Crippen LogP contribution in [0.2, 0.25) is 9.49 Å². The van der Waals surface area contributed by atoms with Crippen LogP contribution >= 0.6 is 34.5 Å². The van der Waals surface area contributed by atoms with Crippen molar-refractivity contribution >= 4 is 34.5 Å². The molecule has 5 heteroatoms. The Balaban J connectivity index is 2.52. The first-order valence-electron chi connectivity index (χ1n) is 3.49. The molecule has 2 rings (SSSR count). The van der Waals surface area contributed by atoms with E-state index in [9.17, 15) is 0 Å². The molecule has 66 valence electrons. The second-order valence-corrected chi connectivity index (χ2v) is 4.37. The molecular formula is C8H4Cl2N2S. The maximum absolute atomic E-state index is 5.86. The van der Waals surface area contributed by atoms with E-state index in [-0.39, 0.29) is 0 Å². The normalized spacial score (nSPS) is 10.3. The molecule has 13 heavy (non-hydrogen) atoms. The number of aromatic nitrogens is 2. The van der Waals surface area contributed by atoms with Crippen LogP contribution in [0.3, 0.4) is 0 Å².